The van der Waals surface area contributed by atoms with E-state index in [-0.39, 0.29) is 11.4 Å². The van der Waals surface area contributed by atoms with Crippen LogP contribution in [0.15, 0.2) is 71.9 Å². The highest BCUT2D eigenvalue weighted by molar-refractivity contribution is 7.99. The predicted molar refractivity (Wildman–Crippen MR) is 126 cm³/mol. The summed E-state index contributed by atoms with van der Waals surface area (Å²) in [5.41, 5.74) is 1.65. The van der Waals surface area contributed by atoms with Crippen LogP contribution < -0.4 is 14.8 Å². The number of anilines is 1. The number of amides is 1. The van der Waals surface area contributed by atoms with Crippen molar-refractivity contribution in [1.29, 1.82) is 0 Å². The lowest BCUT2D eigenvalue weighted by Gasteiger charge is -2.13. The number of benzene rings is 3. The fraction of sp³-hybridized carbons (Fsp3) is 0.125. The van der Waals surface area contributed by atoms with Crippen molar-refractivity contribution in [2.24, 2.45) is 0 Å². The quantitative estimate of drug-likeness (QED) is 0.358. The van der Waals surface area contributed by atoms with Gasteiger partial charge in [-0.25, -0.2) is 8.78 Å². The monoisotopic (exact) mass is 482 g/mol. The second kappa shape index (κ2) is 10.3. The fourth-order valence-corrected chi connectivity index (χ4v) is 3.98. The second-order valence-electron chi connectivity index (χ2n) is 7.01. The average molecular weight is 483 g/mol. The zero-order chi connectivity index (χ0) is 24.1. The smallest absolute Gasteiger partial charge is 0.234 e. The van der Waals surface area contributed by atoms with Crippen LogP contribution in [0.4, 0.5) is 14.5 Å². The predicted octanol–water partition coefficient (Wildman–Crippen LogP) is 4.96. The van der Waals surface area contributed by atoms with Gasteiger partial charge < -0.3 is 14.8 Å². The van der Waals surface area contributed by atoms with Gasteiger partial charge in [0, 0.05) is 11.8 Å². The molecule has 0 saturated heterocycles. The second-order valence-corrected chi connectivity index (χ2v) is 7.95. The van der Waals surface area contributed by atoms with Gasteiger partial charge in [0.2, 0.25) is 5.91 Å². The molecule has 0 atom stereocenters. The molecule has 1 N–H and O–H groups in total. The Morgan fingerprint density at radius 2 is 1.74 bits per heavy atom. The Bertz CT molecular complexity index is 1310. The Kier molecular flexibility index (Phi) is 7.07. The normalized spacial score (nSPS) is 10.7. The van der Waals surface area contributed by atoms with Crippen molar-refractivity contribution in [1.82, 2.24) is 14.8 Å². The number of hydrogen-bond donors (Lipinski definition) is 1. The third-order valence-corrected chi connectivity index (χ3v) is 5.78. The zero-order valence-corrected chi connectivity index (χ0v) is 19.1. The summed E-state index contributed by atoms with van der Waals surface area (Å²) in [6.45, 7) is 0. The van der Waals surface area contributed by atoms with Crippen molar-refractivity contribution >= 4 is 23.4 Å². The minimum absolute atomic E-state index is 0.0286. The number of halogens is 2. The van der Waals surface area contributed by atoms with Crippen molar-refractivity contribution in [3.63, 3.8) is 0 Å². The first-order valence-electron chi connectivity index (χ1n) is 10.1. The number of nitrogens with one attached hydrogen (secondary N) is 1. The zero-order valence-electron chi connectivity index (χ0n) is 18.3. The molecular formula is C24H20F2N4O3S. The Labute approximate surface area is 198 Å². The standard InChI is InChI=1S/C24H20F2N4O3S/c1-32-17-10-8-16(9-11-17)30-23(18-5-3-4-6-21(18)33-2)28-29-24(30)34-14-22(31)27-15-7-12-19(25)20(26)13-15/h3-13H,14H2,1-2H3,(H,27,31). The first kappa shape index (κ1) is 23.2. The molecule has 34 heavy (non-hydrogen) atoms. The summed E-state index contributed by atoms with van der Waals surface area (Å²) >= 11 is 1.15. The summed E-state index contributed by atoms with van der Waals surface area (Å²) < 4.78 is 39.1. The first-order valence-corrected chi connectivity index (χ1v) is 11.1. The van der Waals surface area contributed by atoms with Gasteiger partial charge in [0.1, 0.15) is 11.5 Å². The van der Waals surface area contributed by atoms with Crippen molar-refractivity contribution in [3.05, 3.63) is 78.4 Å². The van der Waals surface area contributed by atoms with Crippen molar-refractivity contribution in [2.75, 3.05) is 25.3 Å². The average Bonchev–Trinajstić information content (AvgIpc) is 3.28. The molecule has 1 heterocycles. The van der Waals surface area contributed by atoms with E-state index >= 15 is 0 Å². The van der Waals surface area contributed by atoms with Crippen LogP contribution in [-0.4, -0.2) is 40.6 Å². The highest BCUT2D eigenvalue weighted by Gasteiger charge is 2.20. The van der Waals surface area contributed by atoms with Gasteiger partial charge in [0.05, 0.1) is 31.2 Å². The number of carbonyl (C=O) groups excluding carboxylic acids is 1. The van der Waals surface area contributed by atoms with Gasteiger partial charge in [0.15, 0.2) is 22.6 Å². The molecule has 0 aliphatic rings. The molecule has 3 aromatic carbocycles. The number of carbonyl (C=O) groups is 1. The Morgan fingerprint density at radius 3 is 2.44 bits per heavy atom. The van der Waals surface area contributed by atoms with E-state index in [4.69, 9.17) is 9.47 Å². The van der Waals surface area contributed by atoms with Crippen molar-refractivity contribution < 1.29 is 23.0 Å². The van der Waals surface area contributed by atoms with Crippen molar-refractivity contribution in [3.8, 4) is 28.6 Å². The molecule has 0 unspecified atom stereocenters. The van der Waals surface area contributed by atoms with E-state index in [2.05, 4.69) is 15.5 Å². The van der Waals surface area contributed by atoms with E-state index in [0.29, 0.717) is 22.5 Å². The Morgan fingerprint density at radius 1 is 0.971 bits per heavy atom. The summed E-state index contributed by atoms with van der Waals surface area (Å²) in [6, 6.07) is 17.9. The highest BCUT2D eigenvalue weighted by atomic mass is 32.2. The van der Waals surface area contributed by atoms with Crippen LogP contribution in [-0.2, 0) is 4.79 Å². The number of hydrogen-bond acceptors (Lipinski definition) is 6. The van der Waals surface area contributed by atoms with Gasteiger partial charge in [-0.2, -0.15) is 0 Å². The lowest BCUT2D eigenvalue weighted by Crippen LogP contribution is -2.15. The lowest BCUT2D eigenvalue weighted by atomic mass is 10.2. The minimum Gasteiger partial charge on any atom is -0.497 e. The van der Waals surface area contributed by atoms with Crippen LogP contribution in [0, 0.1) is 11.6 Å². The van der Waals surface area contributed by atoms with Gasteiger partial charge in [-0.1, -0.05) is 23.9 Å². The van der Waals surface area contributed by atoms with E-state index in [0.717, 1.165) is 35.1 Å². The van der Waals surface area contributed by atoms with Gasteiger partial charge in [-0.05, 0) is 48.5 Å². The fourth-order valence-electron chi connectivity index (χ4n) is 3.23. The van der Waals surface area contributed by atoms with E-state index in [1.807, 2.05) is 53.1 Å². The van der Waals surface area contributed by atoms with E-state index in [1.165, 1.54) is 6.07 Å². The van der Waals surface area contributed by atoms with Gasteiger partial charge in [-0.3, -0.25) is 9.36 Å². The largest absolute Gasteiger partial charge is 0.497 e. The molecule has 7 nitrogen and oxygen atoms in total. The Hall–Kier alpha value is -3.92. The third kappa shape index (κ3) is 5.01. The van der Waals surface area contributed by atoms with E-state index < -0.39 is 17.5 Å². The number of ether oxygens (including phenoxy) is 2. The molecule has 10 heteroatoms. The molecule has 0 radical (unpaired) electrons. The highest BCUT2D eigenvalue weighted by Crippen LogP contribution is 2.33. The topological polar surface area (TPSA) is 78.3 Å². The molecule has 1 aromatic heterocycles. The number of thioether (sulfide) groups is 1. The molecule has 0 aliphatic heterocycles. The van der Waals surface area contributed by atoms with E-state index in [1.54, 1.807) is 14.2 Å². The number of nitrogens with zero attached hydrogens (tertiary/aromatic N) is 3. The molecule has 0 bridgehead atoms. The van der Waals surface area contributed by atoms with Gasteiger partial charge in [-0.15, -0.1) is 10.2 Å². The van der Waals surface area contributed by atoms with Gasteiger partial charge in [0.25, 0.3) is 0 Å². The maximum absolute atomic E-state index is 13.4. The number of methoxy groups -OCH3 is 2. The molecule has 0 spiro atoms. The SMILES string of the molecule is COc1ccc(-n2c(SCC(=O)Nc3ccc(F)c(F)c3)nnc2-c2ccccc2OC)cc1. The molecular weight excluding hydrogens is 462 g/mol. The van der Waals surface area contributed by atoms with Crippen LogP contribution in [0.3, 0.4) is 0 Å². The Balaban J connectivity index is 1.63. The maximum Gasteiger partial charge on any atom is 0.234 e. The summed E-state index contributed by atoms with van der Waals surface area (Å²) in [7, 11) is 3.16. The third-order valence-electron chi connectivity index (χ3n) is 4.85. The number of aromatic nitrogens is 3. The van der Waals surface area contributed by atoms with Crippen LogP contribution in [0.5, 0.6) is 11.5 Å². The van der Waals surface area contributed by atoms with Gasteiger partial charge >= 0.3 is 0 Å². The molecule has 0 aliphatic carbocycles. The molecule has 0 fully saturated rings. The molecule has 1 amide bonds. The lowest BCUT2D eigenvalue weighted by molar-refractivity contribution is -0.113. The van der Waals surface area contributed by atoms with Crippen molar-refractivity contribution in [2.45, 2.75) is 5.16 Å². The number of para-hydroxylation sites is 1. The number of rotatable bonds is 8. The minimum atomic E-state index is -1.04. The van der Waals surface area contributed by atoms with Crippen LogP contribution in [0.2, 0.25) is 0 Å². The van der Waals surface area contributed by atoms with Crippen LogP contribution in [0.1, 0.15) is 0 Å². The molecule has 4 aromatic rings. The van der Waals surface area contributed by atoms with Crippen LogP contribution in [0.25, 0.3) is 17.1 Å². The summed E-state index contributed by atoms with van der Waals surface area (Å²) in [4.78, 5) is 12.4. The summed E-state index contributed by atoms with van der Waals surface area (Å²) in [5, 5.41) is 11.7. The van der Waals surface area contributed by atoms with Crippen LogP contribution >= 0.6 is 11.8 Å². The maximum atomic E-state index is 13.4. The molecule has 0 saturated carbocycles. The summed E-state index contributed by atoms with van der Waals surface area (Å²) in [6.07, 6.45) is 0. The summed E-state index contributed by atoms with van der Waals surface area (Å²) in [5.74, 6) is -0.604. The molecule has 4 rings (SSSR count). The molecule has 174 valence electrons. The first-order chi connectivity index (χ1) is 16.5. The van der Waals surface area contributed by atoms with E-state index in [9.17, 15) is 13.6 Å².